The Morgan fingerprint density at radius 3 is 2.80 bits per heavy atom. The van der Waals surface area contributed by atoms with E-state index in [0.29, 0.717) is 11.3 Å². The minimum absolute atomic E-state index is 0.198. The Balaban J connectivity index is 1.96. The first kappa shape index (κ1) is 14.5. The Labute approximate surface area is 124 Å². The number of nitrogens with one attached hydrogen (secondary N) is 1. The molecule has 0 fully saturated rings. The van der Waals surface area contributed by atoms with Crippen molar-refractivity contribution in [1.82, 2.24) is 4.98 Å². The third-order valence-electron chi connectivity index (χ3n) is 2.39. The molecule has 20 heavy (non-hydrogen) atoms. The lowest BCUT2D eigenvalue weighted by atomic mass is 10.1. The van der Waals surface area contributed by atoms with Gasteiger partial charge in [-0.25, -0.2) is 4.98 Å². The van der Waals surface area contributed by atoms with Gasteiger partial charge >= 0.3 is 0 Å². The van der Waals surface area contributed by atoms with Gasteiger partial charge in [-0.2, -0.15) is 0 Å². The number of rotatable bonds is 5. The normalized spacial score (nSPS) is 10.2. The molecule has 1 aromatic heterocycles. The SMILES string of the molecule is Cc1csc(SCC(=O)Nc2ccccc2C(N)=O)n1. The van der Waals surface area contributed by atoms with Gasteiger partial charge in [0.15, 0.2) is 4.34 Å². The number of nitrogens with zero attached hydrogens (tertiary/aromatic N) is 1. The summed E-state index contributed by atoms with van der Waals surface area (Å²) in [6, 6.07) is 6.66. The maximum absolute atomic E-state index is 11.9. The molecule has 104 valence electrons. The van der Waals surface area contributed by atoms with Crippen molar-refractivity contribution >= 4 is 40.6 Å². The Kier molecular flexibility index (Phi) is 4.75. The predicted octanol–water partition coefficient (Wildman–Crippen LogP) is 2.28. The molecule has 1 aromatic carbocycles. The van der Waals surface area contributed by atoms with E-state index in [4.69, 9.17) is 5.73 Å². The van der Waals surface area contributed by atoms with Gasteiger partial charge < -0.3 is 11.1 Å². The first-order valence-corrected chi connectivity index (χ1v) is 7.66. The number of aryl methyl sites for hydroxylation is 1. The highest BCUT2D eigenvalue weighted by Gasteiger charge is 2.11. The zero-order valence-electron chi connectivity index (χ0n) is 10.8. The number of thioether (sulfide) groups is 1. The van der Waals surface area contributed by atoms with Gasteiger partial charge in [-0.3, -0.25) is 9.59 Å². The van der Waals surface area contributed by atoms with Crippen LogP contribution in [0.4, 0.5) is 5.69 Å². The number of carbonyl (C=O) groups is 2. The van der Waals surface area contributed by atoms with Crippen molar-refractivity contribution in [3.8, 4) is 0 Å². The number of amides is 2. The van der Waals surface area contributed by atoms with Gasteiger partial charge in [0.2, 0.25) is 5.91 Å². The highest BCUT2D eigenvalue weighted by atomic mass is 32.2. The van der Waals surface area contributed by atoms with E-state index in [1.54, 1.807) is 24.3 Å². The summed E-state index contributed by atoms with van der Waals surface area (Å²) in [6.07, 6.45) is 0. The van der Waals surface area contributed by atoms with E-state index in [0.717, 1.165) is 10.0 Å². The fourth-order valence-electron chi connectivity index (χ4n) is 1.52. The molecule has 7 heteroatoms. The third-order valence-corrected chi connectivity index (χ3v) is 4.53. The van der Waals surface area contributed by atoms with Crippen molar-refractivity contribution in [2.45, 2.75) is 11.3 Å². The van der Waals surface area contributed by atoms with Crippen molar-refractivity contribution in [2.24, 2.45) is 5.73 Å². The quantitative estimate of drug-likeness (QED) is 0.830. The molecule has 5 nitrogen and oxygen atoms in total. The van der Waals surface area contributed by atoms with Gasteiger partial charge in [-0.1, -0.05) is 23.9 Å². The largest absolute Gasteiger partial charge is 0.366 e. The number of anilines is 1. The van der Waals surface area contributed by atoms with E-state index in [-0.39, 0.29) is 11.7 Å². The summed E-state index contributed by atoms with van der Waals surface area (Å²) < 4.78 is 0.848. The Bertz CT molecular complexity index is 640. The third kappa shape index (κ3) is 3.82. The maximum atomic E-state index is 11.9. The summed E-state index contributed by atoms with van der Waals surface area (Å²) in [5.41, 5.74) is 6.93. The molecule has 3 N–H and O–H groups in total. The van der Waals surface area contributed by atoms with Crippen molar-refractivity contribution in [1.29, 1.82) is 0 Å². The van der Waals surface area contributed by atoms with Crippen LogP contribution in [0.5, 0.6) is 0 Å². The minimum atomic E-state index is -0.566. The van der Waals surface area contributed by atoms with Crippen LogP contribution in [0, 0.1) is 6.92 Å². The molecule has 1 heterocycles. The minimum Gasteiger partial charge on any atom is -0.366 e. The number of para-hydroxylation sites is 1. The molecule has 0 radical (unpaired) electrons. The lowest BCUT2D eigenvalue weighted by molar-refractivity contribution is -0.113. The van der Waals surface area contributed by atoms with Crippen LogP contribution in [0.2, 0.25) is 0 Å². The van der Waals surface area contributed by atoms with Crippen LogP contribution in [0.25, 0.3) is 0 Å². The summed E-state index contributed by atoms with van der Waals surface area (Å²) in [6.45, 7) is 1.91. The summed E-state index contributed by atoms with van der Waals surface area (Å²) in [7, 11) is 0. The van der Waals surface area contributed by atoms with Crippen molar-refractivity contribution in [3.05, 3.63) is 40.9 Å². The Morgan fingerprint density at radius 1 is 1.40 bits per heavy atom. The molecule has 0 saturated heterocycles. The molecular weight excluding hydrogens is 294 g/mol. The lowest BCUT2D eigenvalue weighted by Gasteiger charge is -2.07. The fourth-order valence-corrected chi connectivity index (χ4v) is 3.17. The fraction of sp³-hybridized carbons (Fsp3) is 0.154. The van der Waals surface area contributed by atoms with E-state index in [1.807, 2.05) is 12.3 Å². The van der Waals surface area contributed by atoms with Crippen LogP contribution in [0.3, 0.4) is 0 Å². The first-order chi connectivity index (χ1) is 9.56. The van der Waals surface area contributed by atoms with E-state index >= 15 is 0 Å². The zero-order valence-corrected chi connectivity index (χ0v) is 12.4. The van der Waals surface area contributed by atoms with E-state index in [1.165, 1.54) is 23.1 Å². The highest BCUT2D eigenvalue weighted by Crippen LogP contribution is 2.22. The standard InChI is InChI=1S/C13H13N3O2S2/c1-8-6-19-13(15-8)20-7-11(17)16-10-5-3-2-4-9(10)12(14)18/h2-6H,7H2,1H3,(H2,14,18)(H,16,17). The number of thiazole rings is 1. The second-order valence-electron chi connectivity index (χ2n) is 4.00. The molecule has 0 aliphatic carbocycles. The number of hydrogen-bond acceptors (Lipinski definition) is 5. The van der Waals surface area contributed by atoms with Gasteiger partial charge in [0.05, 0.1) is 17.0 Å². The van der Waals surface area contributed by atoms with Crippen molar-refractivity contribution in [2.75, 3.05) is 11.1 Å². The molecule has 0 atom stereocenters. The summed E-state index contributed by atoms with van der Waals surface area (Å²) >= 11 is 2.87. The maximum Gasteiger partial charge on any atom is 0.250 e. The Hall–Kier alpha value is -1.86. The van der Waals surface area contributed by atoms with Gasteiger partial charge in [-0.05, 0) is 19.1 Å². The van der Waals surface area contributed by atoms with E-state index < -0.39 is 5.91 Å². The van der Waals surface area contributed by atoms with Crippen LogP contribution in [0.1, 0.15) is 16.1 Å². The van der Waals surface area contributed by atoms with Crippen molar-refractivity contribution < 1.29 is 9.59 Å². The van der Waals surface area contributed by atoms with Crippen molar-refractivity contribution in [3.63, 3.8) is 0 Å². The van der Waals surface area contributed by atoms with Crippen LogP contribution < -0.4 is 11.1 Å². The molecular formula is C13H13N3O2S2. The van der Waals surface area contributed by atoms with Gasteiger partial charge in [0.1, 0.15) is 0 Å². The first-order valence-electron chi connectivity index (χ1n) is 5.80. The highest BCUT2D eigenvalue weighted by molar-refractivity contribution is 8.01. The average molecular weight is 307 g/mol. The number of aromatic nitrogens is 1. The molecule has 0 unspecified atom stereocenters. The van der Waals surface area contributed by atoms with Crippen LogP contribution in [0.15, 0.2) is 34.0 Å². The van der Waals surface area contributed by atoms with E-state index in [2.05, 4.69) is 10.3 Å². The van der Waals surface area contributed by atoms with Gasteiger partial charge in [0.25, 0.3) is 5.91 Å². The zero-order chi connectivity index (χ0) is 14.5. The van der Waals surface area contributed by atoms with Crippen LogP contribution in [-0.2, 0) is 4.79 Å². The number of hydrogen-bond donors (Lipinski definition) is 2. The monoisotopic (exact) mass is 307 g/mol. The number of carbonyl (C=O) groups excluding carboxylic acids is 2. The average Bonchev–Trinajstić information content (AvgIpc) is 2.83. The number of primary amides is 1. The molecule has 2 amide bonds. The molecule has 0 saturated carbocycles. The second-order valence-corrected chi connectivity index (χ2v) is 6.08. The van der Waals surface area contributed by atoms with Gasteiger partial charge in [0, 0.05) is 11.1 Å². The summed E-state index contributed by atoms with van der Waals surface area (Å²) in [4.78, 5) is 27.4. The Morgan fingerprint density at radius 2 is 2.15 bits per heavy atom. The summed E-state index contributed by atoms with van der Waals surface area (Å²) in [5, 5.41) is 4.62. The molecule has 2 aromatic rings. The summed E-state index contributed by atoms with van der Waals surface area (Å²) in [5.74, 6) is -0.527. The molecule has 0 spiro atoms. The number of benzene rings is 1. The molecule has 0 aliphatic heterocycles. The smallest absolute Gasteiger partial charge is 0.250 e. The topological polar surface area (TPSA) is 85.1 Å². The molecule has 2 rings (SSSR count). The van der Waals surface area contributed by atoms with Crippen LogP contribution >= 0.6 is 23.1 Å². The molecule has 0 bridgehead atoms. The predicted molar refractivity (Wildman–Crippen MR) is 81.2 cm³/mol. The second kappa shape index (κ2) is 6.53. The lowest BCUT2D eigenvalue weighted by Crippen LogP contribution is -2.19. The van der Waals surface area contributed by atoms with E-state index in [9.17, 15) is 9.59 Å². The van der Waals surface area contributed by atoms with Gasteiger partial charge in [-0.15, -0.1) is 11.3 Å². The molecule has 0 aliphatic rings. The van der Waals surface area contributed by atoms with Crippen LogP contribution in [-0.4, -0.2) is 22.6 Å². The number of nitrogens with two attached hydrogens (primary N) is 1.